The van der Waals surface area contributed by atoms with Gasteiger partial charge in [-0.15, -0.1) is 0 Å². The van der Waals surface area contributed by atoms with Gasteiger partial charge in [-0.25, -0.2) is 0 Å². The molecule has 78 valence electrons. The number of nitriles is 1. The molecule has 0 aliphatic heterocycles. The van der Waals surface area contributed by atoms with Crippen LogP contribution in [0.5, 0.6) is 0 Å². The summed E-state index contributed by atoms with van der Waals surface area (Å²) >= 11 is 0. The molecule has 0 spiro atoms. The molecule has 0 aromatic carbocycles. The predicted molar refractivity (Wildman–Crippen MR) is 55.6 cm³/mol. The largest absolute Gasteiger partial charge is 0.298 e. The Labute approximate surface area is 86.3 Å². The summed E-state index contributed by atoms with van der Waals surface area (Å²) in [5.41, 5.74) is -0.616. The molecule has 1 aliphatic rings. The van der Waals surface area contributed by atoms with Gasteiger partial charge in [0.15, 0.2) is 5.78 Å². The Morgan fingerprint density at radius 2 is 2.36 bits per heavy atom. The number of hydrogen-bond acceptors (Lipinski definition) is 2. The van der Waals surface area contributed by atoms with E-state index in [9.17, 15) is 4.79 Å². The molecule has 1 saturated carbocycles. The van der Waals surface area contributed by atoms with Crippen LogP contribution in [-0.2, 0) is 4.79 Å². The average molecular weight is 193 g/mol. The van der Waals surface area contributed by atoms with Gasteiger partial charge in [0.25, 0.3) is 0 Å². The fraction of sp³-hybridized carbons (Fsp3) is 0.833. The topological polar surface area (TPSA) is 40.9 Å². The van der Waals surface area contributed by atoms with E-state index >= 15 is 0 Å². The van der Waals surface area contributed by atoms with E-state index in [1.807, 2.05) is 0 Å². The zero-order chi connectivity index (χ0) is 10.6. The normalized spacial score (nSPS) is 28.8. The Hall–Kier alpha value is -0.840. The lowest BCUT2D eigenvalue weighted by atomic mass is 9.78. The second-order valence-electron chi connectivity index (χ2n) is 4.57. The molecule has 14 heavy (non-hydrogen) atoms. The first-order valence-electron chi connectivity index (χ1n) is 5.59. The Morgan fingerprint density at radius 1 is 1.64 bits per heavy atom. The van der Waals surface area contributed by atoms with E-state index in [2.05, 4.69) is 19.9 Å². The van der Waals surface area contributed by atoms with Crippen LogP contribution in [0.3, 0.4) is 0 Å². The van der Waals surface area contributed by atoms with Gasteiger partial charge < -0.3 is 0 Å². The van der Waals surface area contributed by atoms with E-state index in [-0.39, 0.29) is 5.78 Å². The highest BCUT2D eigenvalue weighted by Crippen LogP contribution is 2.40. The fourth-order valence-electron chi connectivity index (χ4n) is 2.50. The second-order valence-corrected chi connectivity index (χ2v) is 4.57. The van der Waals surface area contributed by atoms with Crippen molar-refractivity contribution >= 4 is 5.78 Å². The fourth-order valence-corrected chi connectivity index (χ4v) is 2.50. The van der Waals surface area contributed by atoms with Crippen molar-refractivity contribution in [3.63, 3.8) is 0 Å². The minimum atomic E-state index is -0.616. The van der Waals surface area contributed by atoms with Crippen LogP contribution in [0.15, 0.2) is 0 Å². The number of Topliss-reactive ketones (excluding diaryl/α,β-unsaturated/α-hetero) is 1. The molecule has 1 aliphatic carbocycles. The monoisotopic (exact) mass is 193 g/mol. The average Bonchev–Trinajstić information content (AvgIpc) is 2.49. The Bertz CT molecular complexity index is 254. The highest BCUT2D eigenvalue weighted by Gasteiger charge is 2.42. The van der Waals surface area contributed by atoms with E-state index in [1.54, 1.807) is 0 Å². The highest BCUT2D eigenvalue weighted by atomic mass is 16.1. The summed E-state index contributed by atoms with van der Waals surface area (Å²) in [6.45, 7) is 4.29. The molecular formula is C12H19NO. The molecule has 1 rings (SSSR count). The summed E-state index contributed by atoms with van der Waals surface area (Å²) in [4.78, 5) is 11.6. The van der Waals surface area contributed by atoms with E-state index in [1.165, 1.54) is 0 Å². The zero-order valence-corrected chi connectivity index (χ0v) is 9.18. The van der Waals surface area contributed by atoms with Gasteiger partial charge in [0, 0.05) is 6.42 Å². The van der Waals surface area contributed by atoms with Crippen molar-refractivity contribution in [1.82, 2.24) is 0 Å². The van der Waals surface area contributed by atoms with Crippen molar-refractivity contribution in [3.8, 4) is 6.07 Å². The molecule has 2 atom stereocenters. The van der Waals surface area contributed by atoms with Gasteiger partial charge in [-0.3, -0.25) is 4.79 Å². The predicted octanol–water partition coefficient (Wildman–Crippen LogP) is 3.08. The van der Waals surface area contributed by atoms with E-state index in [0.29, 0.717) is 12.3 Å². The van der Waals surface area contributed by atoms with Crippen LogP contribution in [0.4, 0.5) is 0 Å². The Morgan fingerprint density at radius 3 is 2.79 bits per heavy atom. The maximum Gasteiger partial charge on any atom is 0.153 e. The number of nitrogens with zero attached hydrogens (tertiary/aromatic N) is 1. The van der Waals surface area contributed by atoms with Gasteiger partial charge in [0.2, 0.25) is 0 Å². The molecule has 1 fully saturated rings. The molecule has 0 aromatic heterocycles. The molecule has 0 radical (unpaired) electrons. The van der Waals surface area contributed by atoms with Gasteiger partial charge >= 0.3 is 0 Å². The van der Waals surface area contributed by atoms with Crippen LogP contribution >= 0.6 is 0 Å². The lowest BCUT2D eigenvalue weighted by Gasteiger charge is -2.22. The molecule has 0 N–H and O–H groups in total. The summed E-state index contributed by atoms with van der Waals surface area (Å²) in [6, 6.07) is 2.27. The third kappa shape index (κ3) is 2.15. The Kier molecular flexibility index (Phi) is 3.69. The van der Waals surface area contributed by atoms with Crippen molar-refractivity contribution in [3.05, 3.63) is 0 Å². The van der Waals surface area contributed by atoms with Crippen LogP contribution in [-0.4, -0.2) is 5.78 Å². The second kappa shape index (κ2) is 4.59. The van der Waals surface area contributed by atoms with E-state index in [4.69, 9.17) is 5.26 Å². The lowest BCUT2D eigenvalue weighted by Crippen LogP contribution is -2.26. The molecule has 0 heterocycles. The van der Waals surface area contributed by atoms with E-state index < -0.39 is 5.41 Å². The van der Waals surface area contributed by atoms with Gasteiger partial charge in [-0.2, -0.15) is 5.26 Å². The third-order valence-corrected chi connectivity index (χ3v) is 3.23. The summed E-state index contributed by atoms with van der Waals surface area (Å²) < 4.78 is 0. The first kappa shape index (κ1) is 11.2. The first-order chi connectivity index (χ1) is 6.64. The first-order valence-corrected chi connectivity index (χ1v) is 5.59. The zero-order valence-electron chi connectivity index (χ0n) is 9.18. The van der Waals surface area contributed by atoms with Crippen molar-refractivity contribution in [2.45, 2.75) is 52.4 Å². The molecule has 2 heteroatoms. The van der Waals surface area contributed by atoms with Crippen molar-refractivity contribution in [2.24, 2.45) is 11.3 Å². The smallest absolute Gasteiger partial charge is 0.153 e. The molecule has 2 unspecified atom stereocenters. The van der Waals surface area contributed by atoms with Crippen LogP contribution < -0.4 is 0 Å². The van der Waals surface area contributed by atoms with E-state index in [0.717, 1.165) is 32.1 Å². The summed E-state index contributed by atoms with van der Waals surface area (Å²) in [6.07, 6.45) is 5.35. The SMILES string of the molecule is CCCC(C)CC1(C#N)CCCC1=O. The summed E-state index contributed by atoms with van der Waals surface area (Å²) in [5, 5.41) is 9.13. The molecule has 0 bridgehead atoms. The summed E-state index contributed by atoms with van der Waals surface area (Å²) in [5.74, 6) is 0.685. The van der Waals surface area contributed by atoms with Crippen LogP contribution in [0.2, 0.25) is 0 Å². The number of ketones is 1. The minimum Gasteiger partial charge on any atom is -0.298 e. The molecule has 2 nitrogen and oxygen atoms in total. The standard InChI is InChI=1S/C12H19NO/c1-3-5-10(2)8-12(9-13)7-4-6-11(12)14/h10H,3-8H2,1-2H3. The maximum absolute atomic E-state index is 11.6. The molecule has 0 saturated heterocycles. The van der Waals surface area contributed by atoms with Crippen LogP contribution in [0, 0.1) is 22.7 Å². The van der Waals surface area contributed by atoms with Crippen LogP contribution in [0.25, 0.3) is 0 Å². The van der Waals surface area contributed by atoms with Gasteiger partial charge in [0.05, 0.1) is 6.07 Å². The number of rotatable bonds is 4. The third-order valence-electron chi connectivity index (χ3n) is 3.23. The molecular weight excluding hydrogens is 174 g/mol. The maximum atomic E-state index is 11.6. The number of hydrogen-bond donors (Lipinski definition) is 0. The number of carbonyl (C=O) groups excluding carboxylic acids is 1. The molecule has 0 amide bonds. The van der Waals surface area contributed by atoms with Crippen molar-refractivity contribution in [2.75, 3.05) is 0 Å². The van der Waals surface area contributed by atoms with Gasteiger partial charge in [-0.1, -0.05) is 26.7 Å². The lowest BCUT2D eigenvalue weighted by molar-refractivity contribution is -0.124. The summed E-state index contributed by atoms with van der Waals surface area (Å²) in [7, 11) is 0. The van der Waals surface area contributed by atoms with Gasteiger partial charge in [0.1, 0.15) is 5.41 Å². The Balaban J connectivity index is 2.63. The number of carbonyl (C=O) groups is 1. The highest BCUT2D eigenvalue weighted by molar-refractivity contribution is 5.89. The van der Waals surface area contributed by atoms with Gasteiger partial charge in [-0.05, 0) is 25.2 Å². The van der Waals surface area contributed by atoms with Crippen molar-refractivity contribution < 1.29 is 4.79 Å². The minimum absolute atomic E-state index is 0.183. The van der Waals surface area contributed by atoms with Crippen LogP contribution in [0.1, 0.15) is 52.4 Å². The van der Waals surface area contributed by atoms with Crippen molar-refractivity contribution in [1.29, 1.82) is 5.26 Å². The quantitative estimate of drug-likeness (QED) is 0.688. The molecule has 0 aromatic rings.